The van der Waals surface area contributed by atoms with Gasteiger partial charge in [0.25, 0.3) is 0 Å². The molecule has 23 heavy (non-hydrogen) atoms. The Morgan fingerprint density at radius 2 is 1.87 bits per heavy atom. The standard InChI is InChI=1S/C18H26N4O/c1-20-9-11-22(12-10-20)17-4-7-21(8-5-17)14-18(17)13-15-3-2-6-19-16(15)23-18/h2-3,6H,4-5,7-14H2,1H3. The van der Waals surface area contributed by atoms with Gasteiger partial charge in [-0.15, -0.1) is 0 Å². The second kappa shape index (κ2) is 4.91. The van der Waals surface area contributed by atoms with Gasteiger partial charge < -0.3 is 9.64 Å². The van der Waals surface area contributed by atoms with E-state index in [2.05, 4.69) is 32.8 Å². The zero-order valence-electron chi connectivity index (χ0n) is 14.0. The Kier molecular flexibility index (Phi) is 3.03. The van der Waals surface area contributed by atoms with E-state index >= 15 is 0 Å². The van der Waals surface area contributed by atoms with Crippen LogP contribution in [0.2, 0.25) is 0 Å². The molecule has 6 rings (SSSR count). The van der Waals surface area contributed by atoms with Gasteiger partial charge >= 0.3 is 0 Å². The van der Waals surface area contributed by atoms with Crippen molar-refractivity contribution in [3.05, 3.63) is 23.9 Å². The van der Waals surface area contributed by atoms with Crippen molar-refractivity contribution in [2.45, 2.75) is 30.4 Å². The van der Waals surface area contributed by atoms with Gasteiger partial charge in [0.1, 0.15) is 5.60 Å². The molecular formula is C18H26N4O. The Bertz CT molecular complexity index is 578. The van der Waals surface area contributed by atoms with Crippen LogP contribution in [0.25, 0.3) is 0 Å². The molecule has 0 aromatic carbocycles. The van der Waals surface area contributed by atoms with Crippen LogP contribution in [-0.2, 0) is 6.42 Å². The van der Waals surface area contributed by atoms with E-state index in [1.54, 1.807) is 0 Å². The van der Waals surface area contributed by atoms with E-state index in [1.165, 1.54) is 57.7 Å². The maximum atomic E-state index is 6.64. The SMILES string of the molecule is CN1CCN(C23CCN(CC2)CC32Cc3cccnc3O2)CC1. The number of likely N-dealkylation sites (N-methyl/N-ethyl adjacent to an activating group) is 1. The second-order valence-corrected chi connectivity index (χ2v) is 7.84. The van der Waals surface area contributed by atoms with E-state index in [4.69, 9.17) is 4.74 Å². The summed E-state index contributed by atoms with van der Waals surface area (Å²) in [4.78, 5) is 12.3. The van der Waals surface area contributed by atoms with Gasteiger partial charge in [0.2, 0.25) is 5.88 Å². The van der Waals surface area contributed by atoms with Gasteiger partial charge in [-0.3, -0.25) is 9.80 Å². The quantitative estimate of drug-likeness (QED) is 0.767. The molecule has 0 aliphatic carbocycles. The molecule has 1 aromatic rings. The molecule has 4 saturated heterocycles. The highest BCUT2D eigenvalue weighted by Crippen LogP contribution is 2.51. The summed E-state index contributed by atoms with van der Waals surface area (Å²) in [7, 11) is 2.24. The van der Waals surface area contributed by atoms with Crippen LogP contribution in [0.3, 0.4) is 0 Å². The number of rotatable bonds is 1. The van der Waals surface area contributed by atoms with Gasteiger partial charge in [-0.25, -0.2) is 4.98 Å². The molecule has 4 fully saturated rings. The summed E-state index contributed by atoms with van der Waals surface area (Å²) < 4.78 is 6.64. The molecule has 0 N–H and O–H groups in total. The molecule has 1 atom stereocenters. The van der Waals surface area contributed by atoms with Gasteiger partial charge in [0.05, 0.1) is 5.54 Å². The average Bonchev–Trinajstić information content (AvgIpc) is 2.94. The van der Waals surface area contributed by atoms with Crippen molar-refractivity contribution in [1.29, 1.82) is 0 Å². The van der Waals surface area contributed by atoms with Crippen LogP contribution < -0.4 is 4.74 Å². The second-order valence-electron chi connectivity index (χ2n) is 7.84. The lowest BCUT2D eigenvalue weighted by atomic mass is 9.65. The van der Waals surface area contributed by atoms with Gasteiger partial charge in [0.15, 0.2) is 0 Å². The number of hydrogen-bond donors (Lipinski definition) is 0. The average molecular weight is 314 g/mol. The highest BCUT2D eigenvalue weighted by Gasteiger charge is 2.64. The molecule has 1 spiro atoms. The topological polar surface area (TPSA) is 31.8 Å². The number of fused-ring (bicyclic) bond motifs is 3. The van der Waals surface area contributed by atoms with E-state index in [0.29, 0.717) is 0 Å². The zero-order chi connectivity index (χ0) is 15.5. The first kappa shape index (κ1) is 14.2. The minimum Gasteiger partial charge on any atom is -0.467 e. The largest absolute Gasteiger partial charge is 0.467 e. The Hall–Kier alpha value is -1.17. The molecule has 5 nitrogen and oxygen atoms in total. The van der Waals surface area contributed by atoms with E-state index in [9.17, 15) is 0 Å². The highest BCUT2D eigenvalue weighted by molar-refractivity contribution is 5.37. The molecule has 5 heteroatoms. The first-order valence-electron chi connectivity index (χ1n) is 9.00. The van der Waals surface area contributed by atoms with Crippen molar-refractivity contribution in [2.24, 2.45) is 0 Å². The Morgan fingerprint density at radius 3 is 2.61 bits per heavy atom. The van der Waals surface area contributed by atoms with Crippen molar-refractivity contribution < 1.29 is 4.74 Å². The van der Waals surface area contributed by atoms with Crippen LogP contribution in [0.1, 0.15) is 18.4 Å². The number of pyridine rings is 1. The van der Waals surface area contributed by atoms with E-state index in [-0.39, 0.29) is 11.1 Å². The monoisotopic (exact) mass is 314 g/mol. The third-order valence-corrected chi connectivity index (χ3v) is 6.74. The maximum absolute atomic E-state index is 6.64. The van der Waals surface area contributed by atoms with Crippen LogP contribution in [0.15, 0.2) is 18.3 Å². The minimum absolute atomic E-state index is 0.0872. The number of piperazine rings is 1. The normalized spacial score (nSPS) is 40.3. The zero-order valence-corrected chi connectivity index (χ0v) is 14.0. The molecule has 2 bridgehead atoms. The van der Waals surface area contributed by atoms with Gasteiger partial charge in [0, 0.05) is 64.0 Å². The lowest BCUT2D eigenvalue weighted by Crippen LogP contribution is -2.78. The fourth-order valence-electron chi connectivity index (χ4n) is 5.41. The number of nitrogens with zero attached hydrogens (tertiary/aromatic N) is 4. The molecule has 1 unspecified atom stereocenters. The maximum Gasteiger partial charge on any atom is 0.217 e. The van der Waals surface area contributed by atoms with Crippen molar-refractivity contribution in [1.82, 2.24) is 19.7 Å². The number of hydrogen-bond acceptors (Lipinski definition) is 5. The molecule has 0 saturated carbocycles. The molecular weight excluding hydrogens is 288 g/mol. The van der Waals surface area contributed by atoms with Crippen LogP contribution in [0.5, 0.6) is 5.88 Å². The molecule has 6 heterocycles. The number of piperidine rings is 3. The smallest absolute Gasteiger partial charge is 0.217 e. The third-order valence-electron chi connectivity index (χ3n) is 6.74. The minimum atomic E-state index is -0.0872. The summed E-state index contributed by atoms with van der Waals surface area (Å²) in [5.41, 5.74) is 1.41. The van der Waals surface area contributed by atoms with Crippen molar-refractivity contribution in [3.8, 4) is 5.88 Å². The van der Waals surface area contributed by atoms with E-state index < -0.39 is 0 Å². The lowest BCUT2D eigenvalue weighted by molar-refractivity contribution is -0.174. The van der Waals surface area contributed by atoms with Crippen LogP contribution >= 0.6 is 0 Å². The Labute approximate surface area is 138 Å². The first-order valence-corrected chi connectivity index (χ1v) is 9.00. The van der Waals surface area contributed by atoms with Gasteiger partial charge in [-0.1, -0.05) is 6.07 Å². The summed E-state index contributed by atoms with van der Waals surface area (Å²) in [6.07, 6.45) is 5.37. The van der Waals surface area contributed by atoms with E-state index in [1.807, 2.05) is 12.3 Å². The van der Waals surface area contributed by atoms with Crippen LogP contribution in [0.4, 0.5) is 0 Å². The molecule has 5 aliphatic heterocycles. The summed E-state index contributed by atoms with van der Waals surface area (Å²) in [6.45, 7) is 8.20. The summed E-state index contributed by atoms with van der Waals surface area (Å²) in [6, 6.07) is 4.25. The summed E-state index contributed by atoms with van der Waals surface area (Å²) in [5.74, 6) is 0.884. The van der Waals surface area contributed by atoms with Crippen molar-refractivity contribution in [3.63, 3.8) is 0 Å². The lowest BCUT2D eigenvalue weighted by Gasteiger charge is -2.63. The predicted molar refractivity (Wildman–Crippen MR) is 88.8 cm³/mol. The molecule has 124 valence electrons. The number of ether oxygens (including phenoxy) is 1. The van der Waals surface area contributed by atoms with Crippen molar-refractivity contribution in [2.75, 3.05) is 52.9 Å². The van der Waals surface area contributed by atoms with Crippen LogP contribution in [0, 0.1) is 0 Å². The van der Waals surface area contributed by atoms with E-state index in [0.717, 1.165) is 18.8 Å². The molecule has 0 radical (unpaired) electrons. The highest BCUT2D eigenvalue weighted by atomic mass is 16.5. The number of aromatic nitrogens is 1. The first-order chi connectivity index (χ1) is 11.2. The molecule has 5 aliphatic rings. The van der Waals surface area contributed by atoms with Gasteiger partial charge in [-0.05, 0) is 26.0 Å². The van der Waals surface area contributed by atoms with Gasteiger partial charge in [-0.2, -0.15) is 0 Å². The molecule has 0 amide bonds. The Morgan fingerprint density at radius 1 is 1.09 bits per heavy atom. The van der Waals surface area contributed by atoms with Crippen molar-refractivity contribution >= 4 is 0 Å². The third kappa shape index (κ3) is 1.93. The predicted octanol–water partition coefficient (Wildman–Crippen LogP) is 0.851. The molecule has 1 aromatic heterocycles. The fourth-order valence-corrected chi connectivity index (χ4v) is 5.41. The summed E-state index contributed by atoms with van der Waals surface area (Å²) >= 11 is 0. The Balaban J connectivity index is 1.53. The fraction of sp³-hybridized carbons (Fsp3) is 0.722. The summed E-state index contributed by atoms with van der Waals surface area (Å²) in [5, 5.41) is 0. The van der Waals surface area contributed by atoms with Crippen LogP contribution in [-0.4, -0.2) is 83.7 Å².